The van der Waals surface area contributed by atoms with E-state index in [1.807, 2.05) is 4.90 Å². The van der Waals surface area contributed by atoms with E-state index in [1.54, 1.807) is 13.0 Å². The summed E-state index contributed by atoms with van der Waals surface area (Å²) >= 11 is 0. The van der Waals surface area contributed by atoms with E-state index in [0.29, 0.717) is 37.7 Å². The normalized spacial score (nSPS) is 20.4. The lowest BCUT2D eigenvalue weighted by Crippen LogP contribution is -2.61. The van der Waals surface area contributed by atoms with Crippen LogP contribution in [-0.2, 0) is 23.9 Å². The van der Waals surface area contributed by atoms with Crippen molar-refractivity contribution in [2.75, 3.05) is 50.8 Å². The highest BCUT2D eigenvalue weighted by Crippen LogP contribution is 2.35. The van der Waals surface area contributed by atoms with Crippen molar-refractivity contribution < 1.29 is 33.0 Å². The number of esters is 1. The first kappa shape index (κ1) is 25.9. The molecule has 37 heavy (non-hydrogen) atoms. The number of nitrogens with zero attached hydrogens (tertiary/aromatic N) is 5. The third-order valence-corrected chi connectivity index (χ3v) is 6.73. The first-order valence-corrected chi connectivity index (χ1v) is 11.9. The molecule has 2 aromatic rings. The number of piperazine rings is 1. The Morgan fingerprint density at radius 3 is 2.41 bits per heavy atom. The van der Waals surface area contributed by atoms with Crippen LogP contribution in [0.1, 0.15) is 13.8 Å². The van der Waals surface area contributed by atoms with Crippen molar-refractivity contribution in [1.29, 1.82) is 0 Å². The van der Waals surface area contributed by atoms with Crippen molar-refractivity contribution in [2.24, 2.45) is 5.73 Å². The molecule has 2 aliphatic rings. The summed E-state index contributed by atoms with van der Waals surface area (Å²) in [4.78, 5) is 60.2. The number of amides is 3. The van der Waals surface area contributed by atoms with Gasteiger partial charge >= 0.3 is 18.0 Å². The average Bonchev–Trinajstić information content (AvgIpc) is 3.30. The molecule has 3 amide bonds. The number of hydrogen-bond donors (Lipinski definition) is 1. The molecule has 0 radical (unpaired) electrons. The van der Waals surface area contributed by atoms with Gasteiger partial charge in [-0.25, -0.2) is 19.2 Å². The molecular formula is C24H28FN6O6+. The molecule has 0 bridgehead atoms. The maximum absolute atomic E-state index is 15.2. The molecule has 0 spiro atoms. The summed E-state index contributed by atoms with van der Waals surface area (Å²) in [5.74, 6) is -2.45. The summed E-state index contributed by atoms with van der Waals surface area (Å²) in [6.07, 6.45) is 2.31. The van der Waals surface area contributed by atoms with Gasteiger partial charge in [-0.3, -0.25) is 9.59 Å². The number of halogens is 1. The third kappa shape index (κ3) is 4.81. The van der Waals surface area contributed by atoms with Crippen LogP contribution in [0.4, 0.5) is 20.8 Å². The van der Waals surface area contributed by atoms with Crippen LogP contribution in [0, 0.1) is 5.82 Å². The maximum Gasteiger partial charge on any atom is 0.522 e. The molecule has 2 saturated heterocycles. The molecule has 2 unspecified atom stereocenters. The van der Waals surface area contributed by atoms with E-state index >= 15 is 4.39 Å². The SMILES string of the molecule is CCOC(=O)C(=O)N1CCN(c2ncc(-c3ccc([N+]4(C(C)C(N)=O)CCOC4=O)cc3F)cn2)CC1. The van der Waals surface area contributed by atoms with Gasteiger partial charge in [0.05, 0.1) is 6.61 Å². The molecule has 1 aromatic carbocycles. The highest BCUT2D eigenvalue weighted by molar-refractivity contribution is 6.32. The molecule has 1 aromatic heterocycles. The van der Waals surface area contributed by atoms with Gasteiger partial charge in [0.15, 0.2) is 6.04 Å². The number of benzene rings is 1. The number of carbonyl (C=O) groups is 4. The molecule has 0 aliphatic carbocycles. The zero-order chi connectivity index (χ0) is 26.7. The molecule has 2 N–H and O–H groups in total. The average molecular weight is 516 g/mol. The van der Waals surface area contributed by atoms with E-state index in [1.165, 1.54) is 36.4 Å². The third-order valence-electron chi connectivity index (χ3n) is 6.73. The van der Waals surface area contributed by atoms with Gasteiger partial charge in [0.1, 0.15) is 24.7 Å². The molecule has 4 rings (SSSR count). The minimum atomic E-state index is -0.934. The summed E-state index contributed by atoms with van der Waals surface area (Å²) in [6.45, 7) is 5.00. The topological polar surface area (TPSA) is 145 Å². The smallest absolute Gasteiger partial charge is 0.459 e. The predicted octanol–water partition coefficient (Wildman–Crippen LogP) is 0.826. The van der Waals surface area contributed by atoms with E-state index in [0.717, 1.165) is 0 Å². The number of rotatable bonds is 6. The van der Waals surface area contributed by atoms with Crippen LogP contribution < -0.4 is 15.1 Å². The van der Waals surface area contributed by atoms with Crippen molar-refractivity contribution in [3.63, 3.8) is 0 Å². The predicted molar refractivity (Wildman–Crippen MR) is 130 cm³/mol. The first-order valence-electron chi connectivity index (χ1n) is 11.9. The summed E-state index contributed by atoms with van der Waals surface area (Å²) in [7, 11) is 0. The Morgan fingerprint density at radius 1 is 1.19 bits per heavy atom. The lowest BCUT2D eigenvalue weighted by Gasteiger charge is -2.34. The number of quaternary nitrogens is 1. The lowest BCUT2D eigenvalue weighted by atomic mass is 10.1. The van der Waals surface area contributed by atoms with Gasteiger partial charge < -0.3 is 25.0 Å². The fourth-order valence-corrected chi connectivity index (χ4v) is 4.55. The van der Waals surface area contributed by atoms with Gasteiger partial charge in [-0.2, -0.15) is 9.28 Å². The van der Waals surface area contributed by atoms with Crippen LogP contribution in [-0.4, -0.2) is 90.7 Å². The Bertz CT molecular complexity index is 1220. The lowest BCUT2D eigenvalue weighted by molar-refractivity contribution is -0.160. The Kier molecular flexibility index (Phi) is 7.34. The zero-order valence-corrected chi connectivity index (χ0v) is 20.6. The Morgan fingerprint density at radius 2 is 1.86 bits per heavy atom. The standard InChI is InChI=1S/C24H27FN6O6/c1-3-36-22(34)21(33)29-6-8-30(9-7-29)23-27-13-16(14-28-23)18-5-4-17(12-19(18)25)31(15(2)20(26)32)10-11-37-24(31)35/h4-5,12-15H,3,6-11H2,1-2H3,(H-,26,32)/p+1. The van der Waals surface area contributed by atoms with Crippen LogP contribution in [0.2, 0.25) is 0 Å². The number of aromatic nitrogens is 2. The van der Waals surface area contributed by atoms with Gasteiger partial charge in [-0.15, -0.1) is 0 Å². The van der Waals surface area contributed by atoms with Gasteiger partial charge in [-0.1, -0.05) is 0 Å². The summed E-state index contributed by atoms with van der Waals surface area (Å²) < 4.78 is 24.6. The summed E-state index contributed by atoms with van der Waals surface area (Å²) in [5, 5.41) is 0. The highest BCUT2D eigenvalue weighted by Gasteiger charge is 2.53. The molecule has 0 saturated carbocycles. The Hall–Kier alpha value is -4.13. The molecule has 12 nitrogen and oxygen atoms in total. The van der Waals surface area contributed by atoms with Crippen molar-refractivity contribution >= 4 is 35.5 Å². The second-order valence-corrected chi connectivity index (χ2v) is 8.72. The van der Waals surface area contributed by atoms with Gasteiger partial charge in [0, 0.05) is 61.8 Å². The van der Waals surface area contributed by atoms with Gasteiger partial charge in [0.25, 0.3) is 5.91 Å². The molecule has 2 aliphatic heterocycles. The molecule has 2 fully saturated rings. The van der Waals surface area contributed by atoms with Crippen LogP contribution >= 0.6 is 0 Å². The van der Waals surface area contributed by atoms with Crippen LogP contribution in [0.15, 0.2) is 30.6 Å². The number of nitrogens with two attached hydrogens (primary N) is 1. The number of carbonyl (C=O) groups excluding carboxylic acids is 4. The quantitative estimate of drug-likeness (QED) is 0.336. The van der Waals surface area contributed by atoms with Gasteiger partial charge in [-0.05, 0) is 19.9 Å². The first-order chi connectivity index (χ1) is 17.7. The molecule has 13 heteroatoms. The minimum absolute atomic E-state index is 0.0976. The number of ether oxygens (including phenoxy) is 2. The van der Waals surface area contributed by atoms with E-state index in [9.17, 15) is 19.2 Å². The Labute approximate surface area is 212 Å². The van der Waals surface area contributed by atoms with Crippen molar-refractivity contribution in [1.82, 2.24) is 19.4 Å². The van der Waals surface area contributed by atoms with E-state index in [-0.39, 0.29) is 31.0 Å². The fourth-order valence-electron chi connectivity index (χ4n) is 4.55. The van der Waals surface area contributed by atoms with Crippen molar-refractivity contribution in [3.8, 4) is 11.1 Å². The number of cyclic esters (lactones) is 1. The second kappa shape index (κ2) is 10.5. The number of hydrogen-bond acceptors (Lipinski definition) is 9. The van der Waals surface area contributed by atoms with E-state index in [2.05, 4.69) is 9.97 Å². The Balaban J connectivity index is 1.48. The summed E-state index contributed by atoms with van der Waals surface area (Å²) in [6, 6.07) is 3.34. The largest absolute Gasteiger partial charge is 0.522 e. The molecular weight excluding hydrogens is 487 g/mol. The molecule has 2 atom stereocenters. The van der Waals surface area contributed by atoms with Crippen LogP contribution in [0.5, 0.6) is 0 Å². The van der Waals surface area contributed by atoms with Crippen LogP contribution in [0.3, 0.4) is 0 Å². The van der Waals surface area contributed by atoms with Crippen molar-refractivity contribution in [2.45, 2.75) is 19.9 Å². The van der Waals surface area contributed by atoms with Gasteiger partial charge in [0.2, 0.25) is 5.95 Å². The van der Waals surface area contributed by atoms with Crippen molar-refractivity contribution in [3.05, 3.63) is 36.4 Å². The van der Waals surface area contributed by atoms with Crippen LogP contribution in [0.25, 0.3) is 11.1 Å². The van der Waals surface area contributed by atoms with E-state index in [4.69, 9.17) is 15.2 Å². The highest BCUT2D eigenvalue weighted by atomic mass is 19.1. The number of primary amides is 1. The fraction of sp³-hybridized carbons (Fsp3) is 0.417. The molecule has 3 heterocycles. The monoisotopic (exact) mass is 515 g/mol. The maximum atomic E-state index is 15.2. The summed E-state index contributed by atoms with van der Waals surface area (Å²) in [5.41, 5.74) is 6.37. The number of anilines is 1. The van der Waals surface area contributed by atoms with E-state index < -0.39 is 40.2 Å². The zero-order valence-electron chi connectivity index (χ0n) is 20.6. The second-order valence-electron chi connectivity index (χ2n) is 8.72. The minimum Gasteiger partial charge on any atom is -0.459 e. The molecule has 196 valence electrons.